The largest absolute Gasteiger partial charge is 0.480 e. The second kappa shape index (κ2) is 5.49. The van der Waals surface area contributed by atoms with Crippen molar-refractivity contribution in [1.82, 2.24) is 10.3 Å². The molecule has 6 nitrogen and oxygen atoms in total. The third-order valence-electron chi connectivity index (χ3n) is 3.09. The van der Waals surface area contributed by atoms with E-state index in [-0.39, 0.29) is 0 Å². The van der Waals surface area contributed by atoms with Crippen LogP contribution >= 0.6 is 0 Å². The Balaban J connectivity index is 2.48. The number of hydrogen-bond donors (Lipinski definition) is 3. The third-order valence-corrected chi connectivity index (χ3v) is 3.09. The summed E-state index contributed by atoms with van der Waals surface area (Å²) in [7, 11) is 0. The monoisotopic (exact) mass is 288 g/mol. The quantitative estimate of drug-likeness (QED) is 0.787. The highest BCUT2D eigenvalue weighted by Gasteiger charge is 2.18. The average molecular weight is 288 g/mol. The Morgan fingerprint density at radius 2 is 2.00 bits per heavy atom. The number of aromatic nitrogens is 1. The van der Waals surface area contributed by atoms with Crippen LogP contribution in [0, 0.1) is 0 Å². The van der Waals surface area contributed by atoms with Gasteiger partial charge in [0.1, 0.15) is 6.54 Å². The van der Waals surface area contributed by atoms with Gasteiger partial charge >= 0.3 is 5.97 Å². The molecular formula is C15H16N2O4. The van der Waals surface area contributed by atoms with Crippen LogP contribution in [0.2, 0.25) is 0 Å². The lowest BCUT2D eigenvalue weighted by Crippen LogP contribution is -2.29. The molecule has 2 rings (SSSR count). The Labute approximate surface area is 121 Å². The zero-order chi connectivity index (χ0) is 15.6. The van der Waals surface area contributed by atoms with Gasteiger partial charge in [-0.15, -0.1) is 0 Å². The molecule has 0 radical (unpaired) electrons. The molecule has 1 heterocycles. The first-order valence-electron chi connectivity index (χ1n) is 6.40. The van der Waals surface area contributed by atoms with Crippen molar-refractivity contribution in [2.45, 2.75) is 19.4 Å². The Bertz CT molecular complexity index is 704. The number of carboxylic acid groups (broad SMARTS) is 1. The summed E-state index contributed by atoms with van der Waals surface area (Å²) in [6, 6.07) is 6.68. The molecule has 0 bridgehead atoms. The molecule has 0 unspecified atom stereocenters. The number of carboxylic acids is 1. The van der Waals surface area contributed by atoms with Crippen LogP contribution < -0.4 is 5.32 Å². The van der Waals surface area contributed by atoms with Crippen molar-refractivity contribution in [3.63, 3.8) is 0 Å². The van der Waals surface area contributed by atoms with Gasteiger partial charge in [-0.05, 0) is 37.6 Å². The van der Waals surface area contributed by atoms with Crippen LogP contribution in [0.1, 0.15) is 29.8 Å². The van der Waals surface area contributed by atoms with Gasteiger partial charge in [0.25, 0.3) is 5.91 Å². The Morgan fingerprint density at radius 1 is 1.29 bits per heavy atom. The fourth-order valence-corrected chi connectivity index (χ4v) is 1.98. The highest BCUT2D eigenvalue weighted by molar-refractivity contribution is 6.06. The summed E-state index contributed by atoms with van der Waals surface area (Å²) in [5.74, 6) is -1.60. The van der Waals surface area contributed by atoms with Crippen LogP contribution in [0.25, 0.3) is 10.9 Å². The number of carbonyl (C=O) groups excluding carboxylic acids is 1. The van der Waals surface area contributed by atoms with Gasteiger partial charge in [-0.2, -0.15) is 0 Å². The van der Waals surface area contributed by atoms with Gasteiger partial charge in [-0.3, -0.25) is 14.6 Å². The van der Waals surface area contributed by atoms with Gasteiger partial charge in [-0.25, -0.2) is 0 Å². The number of nitrogens with zero attached hydrogens (tertiary/aromatic N) is 1. The first kappa shape index (κ1) is 14.9. The van der Waals surface area contributed by atoms with Crippen molar-refractivity contribution in [2.24, 2.45) is 0 Å². The van der Waals surface area contributed by atoms with Crippen LogP contribution in [-0.4, -0.2) is 33.6 Å². The first-order valence-corrected chi connectivity index (χ1v) is 6.40. The standard InChI is InChI=1S/C15H16N2O4/c1-15(2,21)9-3-4-12-11(7-9)10(5-6-16-12)14(20)17-8-13(18)19/h3-7,21H,8H2,1-2H3,(H,17,20)(H,18,19). The second-order valence-electron chi connectivity index (χ2n) is 5.23. The van der Waals surface area contributed by atoms with Crippen molar-refractivity contribution >= 4 is 22.8 Å². The average Bonchev–Trinajstić information content (AvgIpc) is 2.42. The lowest BCUT2D eigenvalue weighted by molar-refractivity contribution is -0.135. The van der Waals surface area contributed by atoms with Crippen molar-refractivity contribution in [2.75, 3.05) is 6.54 Å². The molecular weight excluding hydrogens is 272 g/mol. The maximum Gasteiger partial charge on any atom is 0.322 e. The molecule has 0 saturated carbocycles. The Hall–Kier alpha value is -2.47. The number of aliphatic hydroxyl groups is 1. The molecule has 21 heavy (non-hydrogen) atoms. The zero-order valence-corrected chi connectivity index (χ0v) is 11.8. The van der Waals surface area contributed by atoms with Crippen LogP contribution in [0.4, 0.5) is 0 Å². The van der Waals surface area contributed by atoms with E-state index in [4.69, 9.17) is 5.11 Å². The predicted molar refractivity (Wildman–Crippen MR) is 77.0 cm³/mol. The normalized spacial score (nSPS) is 11.4. The SMILES string of the molecule is CC(C)(O)c1ccc2nccc(C(=O)NCC(=O)O)c2c1. The number of rotatable bonds is 4. The molecule has 0 aliphatic heterocycles. The van der Waals surface area contributed by atoms with E-state index < -0.39 is 24.0 Å². The third kappa shape index (κ3) is 3.35. The minimum Gasteiger partial charge on any atom is -0.480 e. The minimum absolute atomic E-state index is 0.326. The van der Waals surface area contributed by atoms with E-state index >= 15 is 0 Å². The van der Waals surface area contributed by atoms with E-state index in [0.717, 1.165) is 0 Å². The molecule has 0 aliphatic rings. The predicted octanol–water partition coefficient (Wildman–Crippen LogP) is 1.28. The van der Waals surface area contributed by atoms with Gasteiger partial charge < -0.3 is 15.5 Å². The zero-order valence-electron chi connectivity index (χ0n) is 11.8. The molecule has 3 N–H and O–H groups in total. The molecule has 1 aromatic carbocycles. The van der Waals surface area contributed by atoms with Crippen molar-refractivity contribution in [1.29, 1.82) is 0 Å². The number of hydrogen-bond acceptors (Lipinski definition) is 4. The molecule has 0 saturated heterocycles. The number of amides is 1. The summed E-state index contributed by atoms with van der Waals surface area (Å²) in [6.45, 7) is 2.84. The topological polar surface area (TPSA) is 99.5 Å². The number of aliphatic carboxylic acids is 1. The fraction of sp³-hybridized carbons (Fsp3) is 0.267. The van der Waals surface area contributed by atoms with Gasteiger partial charge in [0.2, 0.25) is 0 Å². The van der Waals surface area contributed by atoms with E-state index in [1.165, 1.54) is 12.3 Å². The summed E-state index contributed by atoms with van der Waals surface area (Å²) in [5.41, 5.74) is 0.535. The van der Waals surface area contributed by atoms with Crippen molar-refractivity contribution < 1.29 is 19.8 Å². The Morgan fingerprint density at radius 3 is 2.62 bits per heavy atom. The molecule has 0 spiro atoms. The summed E-state index contributed by atoms with van der Waals surface area (Å²) in [6.07, 6.45) is 1.49. The van der Waals surface area contributed by atoms with Crippen molar-refractivity contribution in [3.8, 4) is 0 Å². The van der Waals surface area contributed by atoms with Gasteiger partial charge in [0, 0.05) is 11.6 Å². The van der Waals surface area contributed by atoms with E-state index in [2.05, 4.69) is 10.3 Å². The van der Waals surface area contributed by atoms with E-state index in [0.29, 0.717) is 22.0 Å². The summed E-state index contributed by atoms with van der Waals surface area (Å²) < 4.78 is 0. The van der Waals surface area contributed by atoms with Crippen molar-refractivity contribution in [3.05, 3.63) is 41.6 Å². The number of nitrogens with one attached hydrogen (secondary N) is 1. The number of carbonyl (C=O) groups is 2. The van der Waals surface area contributed by atoms with E-state index in [1.54, 1.807) is 32.0 Å². The first-order chi connectivity index (χ1) is 9.79. The summed E-state index contributed by atoms with van der Waals surface area (Å²) in [5, 5.41) is 21.6. The molecule has 0 fully saturated rings. The van der Waals surface area contributed by atoms with Crippen LogP contribution in [0.15, 0.2) is 30.5 Å². The molecule has 1 amide bonds. The van der Waals surface area contributed by atoms with Crippen LogP contribution in [0.3, 0.4) is 0 Å². The maximum absolute atomic E-state index is 12.1. The van der Waals surface area contributed by atoms with Gasteiger partial charge in [0.15, 0.2) is 0 Å². The molecule has 0 aliphatic carbocycles. The van der Waals surface area contributed by atoms with E-state index in [1.807, 2.05) is 0 Å². The highest BCUT2D eigenvalue weighted by atomic mass is 16.4. The fourth-order valence-electron chi connectivity index (χ4n) is 1.98. The molecule has 0 atom stereocenters. The molecule has 110 valence electrons. The minimum atomic E-state index is -1.11. The second-order valence-corrected chi connectivity index (χ2v) is 5.23. The number of fused-ring (bicyclic) bond motifs is 1. The molecule has 1 aromatic heterocycles. The molecule has 6 heteroatoms. The lowest BCUT2D eigenvalue weighted by atomic mass is 9.95. The van der Waals surface area contributed by atoms with Crippen LogP contribution in [0.5, 0.6) is 0 Å². The van der Waals surface area contributed by atoms with Gasteiger partial charge in [-0.1, -0.05) is 6.07 Å². The van der Waals surface area contributed by atoms with Gasteiger partial charge in [0.05, 0.1) is 16.7 Å². The van der Waals surface area contributed by atoms with Crippen LogP contribution in [-0.2, 0) is 10.4 Å². The summed E-state index contributed by atoms with van der Waals surface area (Å²) in [4.78, 5) is 26.7. The number of benzene rings is 1. The maximum atomic E-state index is 12.1. The Kier molecular flexibility index (Phi) is 3.90. The molecule has 2 aromatic rings. The summed E-state index contributed by atoms with van der Waals surface area (Å²) >= 11 is 0. The van der Waals surface area contributed by atoms with E-state index in [9.17, 15) is 14.7 Å². The highest BCUT2D eigenvalue weighted by Crippen LogP contribution is 2.25. The number of pyridine rings is 1. The smallest absolute Gasteiger partial charge is 0.322 e. The lowest BCUT2D eigenvalue weighted by Gasteiger charge is -2.18.